The molecule has 204 valence electrons. The summed E-state index contributed by atoms with van der Waals surface area (Å²) >= 11 is 14.5. The summed E-state index contributed by atoms with van der Waals surface area (Å²) in [6.45, 7) is 0. The summed E-state index contributed by atoms with van der Waals surface area (Å²) in [7, 11) is 5.02. The van der Waals surface area contributed by atoms with Gasteiger partial charge in [0.1, 0.15) is 0 Å². The lowest BCUT2D eigenvalue weighted by molar-refractivity contribution is 0.0586. The van der Waals surface area contributed by atoms with Gasteiger partial charge in [0.15, 0.2) is 0 Å². The minimum absolute atomic E-state index is 0.145. The maximum Gasteiger partial charge on any atom is 0.338 e. The van der Waals surface area contributed by atoms with E-state index >= 15 is 0 Å². The third kappa shape index (κ3) is 4.02. The summed E-state index contributed by atoms with van der Waals surface area (Å²) in [5.74, 6) is -2.60. The van der Waals surface area contributed by atoms with Crippen LogP contribution in [0, 0.1) is 0 Å². The Morgan fingerprint density at radius 3 is 0.775 bits per heavy atom. The number of benzene rings is 5. The molecule has 5 rings (SSSR count). The lowest BCUT2D eigenvalue weighted by Crippen LogP contribution is -2.11. The van der Waals surface area contributed by atoms with Gasteiger partial charge in [0, 0.05) is 61.0 Å². The molecule has 0 aliphatic carbocycles. The Hall–Kier alpha value is -2.80. The molecule has 8 nitrogen and oxygen atoms in total. The van der Waals surface area contributed by atoms with Gasteiger partial charge in [-0.05, 0) is 24.3 Å². The fraction of sp³-hybridized carbons (Fsp3) is 0.143. The molecular weight excluding hydrogens is 784 g/mol. The normalized spacial score (nSPS) is 11.4. The second-order valence-corrected chi connectivity index (χ2v) is 12.0. The largest absolute Gasteiger partial charge is 0.465 e. The Balaban J connectivity index is 2.26. The SMILES string of the molecule is COC(=O)c1cc(Br)c2c3c(Br)cc(C(=O)OC)c4c(C(=O)OC)cc(Br)c(c5c(Br)cc(C(=O)OC)c1c25)c43. The van der Waals surface area contributed by atoms with E-state index in [1.54, 1.807) is 24.3 Å². The standard InChI is InChI=1S/C28H16Br4O8/c1-37-25(33)9-5-13(29)19-21-15(31)7-11(27(35)39-3)18-12(28(36)40-4)8-16(32)22(24(18)21)20-14(30)6-10(26(34)38-2)17(9)23(19)20/h5-8H,1-4H3. The number of esters is 4. The maximum atomic E-state index is 13.0. The van der Waals surface area contributed by atoms with Crippen molar-refractivity contribution >= 4 is 131 Å². The third-order valence-corrected chi connectivity index (χ3v) is 9.24. The number of hydrogen-bond donors (Lipinski definition) is 0. The van der Waals surface area contributed by atoms with Gasteiger partial charge in [-0.25, -0.2) is 19.2 Å². The molecule has 0 aromatic heterocycles. The first-order valence-corrected chi connectivity index (χ1v) is 14.5. The van der Waals surface area contributed by atoms with Crippen molar-refractivity contribution in [1.82, 2.24) is 0 Å². The van der Waals surface area contributed by atoms with Crippen molar-refractivity contribution in [1.29, 1.82) is 0 Å². The molecule has 0 radical (unpaired) electrons. The van der Waals surface area contributed by atoms with Gasteiger partial charge in [-0.15, -0.1) is 0 Å². The van der Waals surface area contributed by atoms with E-state index in [2.05, 4.69) is 63.7 Å². The number of halogens is 4. The fourth-order valence-corrected chi connectivity index (χ4v) is 7.70. The highest BCUT2D eigenvalue weighted by atomic mass is 79.9. The Morgan fingerprint density at radius 1 is 0.400 bits per heavy atom. The number of methoxy groups -OCH3 is 4. The molecule has 0 unspecified atom stereocenters. The van der Waals surface area contributed by atoms with Crippen molar-refractivity contribution in [3.63, 3.8) is 0 Å². The highest BCUT2D eigenvalue weighted by Gasteiger charge is 2.31. The topological polar surface area (TPSA) is 105 Å². The average Bonchev–Trinajstić information content (AvgIpc) is 2.95. The van der Waals surface area contributed by atoms with Crippen LogP contribution in [0.1, 0.15) is 41.4 Å². The minimum Gasteiger partial charge on any atom is -0.465 e. The molecule has 0 fully saturated rings. The van der Waals surface area contributed by atoms with Crippen LogP contribution in [-0.4, -0.2) is 52.3 Å². The molecule has 5 aromatic rings. The van der Waals surface area contributed by atoms with Crippen molar-refractivity contribution in [3.8, 4) is 0 Å². The highest BCUT2D eigenvalue weighted by molar-refractivity contribution is 9.11. The Bertz CT molecular complexity index is 1690. The molecule has 0 heterocycles. The second kappa shape index (κ2) is 10.6. The van der Waals surface area contributed by atoms with Crippen LogP contribution in [0.3, 0.4) is 0 Å². The van der Waals surface area contributed by atoms with Crippen molar-refractivity contribution in [3.05, 3.63) is 64.4 Å². The van der Waals surface area contributed by atoms with Crippen LogP contribution >= 0.6 is 63.7 Å². The van der Waals surface area contributed by atoms with Crippen molar-refractivity contribution < 1.29 is 38.1 Å². The van der Waals surface area contributed by atoms with Gasteiger partial charge in [-0.2, -0.15) is 0 Å². The van der Waals surface area contributed by atoms with E-state index in [1.165, 1.54) is 28.4 Å². The highest BCUT2D eigenvalue weighted by Crippen LogP contribution is 2.52. The maximum absolute atomic E-state index is 13.0. The molecule has 40 heavy (non-hydrogen) atoms. The summed E-state index contributed by atoms with van der Waals surface area (Å²) in [5.41, 5.74) is 0.580. The van der Waals surface area contributed by atoms with Gasteiger partial charge in [-0.1, -0.05) is 63.7 Å². The molecule has 0 bridgehead atoms. The van der Waals surface area contributed by atoms with Gasteiger partial charge < -0.3 is 18.9 Å². The zero-order valence-electron chi connectivity index (χ0n) is 21.1. The van der Waals surface area contributed by atoms with E-state index < -0.39 is 23.9 Å². The number of ether oxygens (including phenoxy) is 4. The van der Waals surface area contributed by atoms with Crippen molar-refractivity contribution in [2.24, 2.45) is 0 Å². The van der Waals surface area contributed by atoms with Crippen LogP contribution in [0.25, 0.3) is 43.1 Å². The number of hydrogen-bond acceptors (Lipinski definition) is 8. The predicted octanol–water partition coefficient (Wildman–Crippen LogP) is 7.93. The predicted molar refractivity (Wildman–Crippen MR) is 164 cm³/mol. The Labute approximate surface area is 260 Å². The summed E-state index contributed by atoms with van der Waals surface area (Å²) in [5, 5.41) is 4.19. The summed E-state index contributed by atoms with van der Waals surface area (Å²) in [4.78, 5) is 52.0. The Morgan fingerprint density at radius 2 is 0.600 bits per heavy atom. The zero-order valence-corrected chi connectivity index (χ0v) is 27.4. The average molecular weight is 800 g/mol. The van der Waals surface area contributed by atoms with Gasteiger partial charge in [-0.3, -0.25) is 0 Å². The van der Waals surface area contributed by atoms with E-state index in [0.717, 1.165) is 0 Å². The van der Waals surface area contributed by atoms with E-state index in [1.807, 2.05) is 0 Å². The van der Waals surface area contributed by atoms with Crippen LogP contribution in [-0.2, 0) is 18.9 Å². The summed E-state index contributed by atoms with van der Waals surface area (Å²) < 4.78 is 22.3. The Kier molecular flexibility index (Phi) is 7.58. The smallest absolute Gasteiger partial charge is 0.338 e. The molecule has 12 heteroatoms. The molecule has 0 saturated heterocycles. The molecule has 5 aromatic carbocycles. The van der Waals surface area contributed by atoms with E-state index in [4.69, 9.17) is 18.9 Å². The first-order valence-electron chi connectivity index (χ1n) is 11.3. The molecule has 0 aliphatic heterocycles. The molecule has 0 amide bonds. The quantitative estimate of drug-likeness (QED) is 0.0782. The summed E-state index contributed by atoms with van der Waals surface area (Å²) in [6.07, 6.45) is 0. The second-order valence-electron chi connectivity index (χ2n) is 8.59. The van der Waals surface area contributed by atoms with Gasteiger partial charge in [0.2, 0.25) is 0 Å². The molecule has 0 spiro atoms. The number of carbonyl (C=O) groups is 4. The van der Waals surface area contributed by atoms with Crippen LogP contribution in [0.15, 0.2) is 42.2 Å². The van der Waals surface area contributed by atoms with Crippen LogP contribution in [0.5, 0.6) is 0 Å². The van der Waals surface area contributed by atoms with Gasteiger partial charge >= 0.3 is 23.9 Å². The molecule has 0 saturated carbocycles. The lowest BCUT2D eigenvalue weighted by Gasteiger charge is -2.23. The molecule has 0 aliphatic rings. The van der Waals surface area contributed by atoms with E-state index in [-0.39, 0.29) is 22.3 Å². The van der Waals surface area contributed by atoms with E-state index in [0.29, 0.717) is 61.0 Å². The lowest BCUT2D eigenvalue weighted by atomic mass is 9.84. The molecule has 0 atom stereocenters. The van der Waals surface area contributed by atoms with Crippen LogP contribution in [0.4, 0.5) is 0 Å². The first-order chi connectivity index (χ1) is 19.0. The van der Waals surface area contributed by atoms with E-state index in [9.17, 15) is 19.2 Å². The van der Waals surface area contributed by atoms with Crippen LogP contribution < -0.4 is 0 Å². The summed E-state index contributed by atoms with van der Waals surface area (Å²) in [6, 6.07) is 6.29. The minimum atomic E-state index is -0.651. The van der Waals surface area contributed by atoms with Crippen molar-refractivity contribution in [2.75, 3.05) is 28.4 Å². The monoisotopic (exact) mass is 796 g/mol. The molecule has 0 N–H and O–H groups in total. The van der Waals surface area contributed by atoms with Gasteiger partial charge in [0.05, 0.1) is 50.7 Å². The number of rotatable bonds is 4. The van der Waals surface area contributed by atoms with Crippen LogP contribution in [0.2, 0.25) is 0 Å². The fourth-order valence-electron chi connectivity index (χ4n) is 5.20. The number of fused-ring (bicyclic) bond motifs is 2. The number of carbonyl (C=O) groups excluding carboxylic acids is 4. The zero-order chi connectivity index (χ0) is 29.2. The third-order valence-electron chi connectivity index (χ3n) is 6.74. The first kappa shape index (κ1) is 28.7. The van der Waals surface area contributed by atoms with Gasteiger partial charge in [0.25, 0.3) is 0 Å². The molecular formula is C28H16Br4O8. The van der Waals surface area contributed by atoms with Crippen molar-refractivity contribution in [2.45, 2.75) is 0 Å².